The van der Waals surface area contributed by atoms with Gasteiger partial charge >= 0.3 is 5.97 Å². The van der Waals surface area contributed by atoms with E-state index in [1.54, 1.807) is 23.9 Å². The molecule has 19 heavy (non-hydrogen) atoms. The van der Waals surface area contributed by atoms with Crippen molar-refractivity contribution in [3.63, 3.8) is 0 Å². The molecular weight excluding hydrogens is 377 g/mol. The van der Waals surface area contributed by atoms with Gasteiger partial charge in [0.15, 0.2) is 0 Å². The highest BCUT2D eigenvalue weighted by Gasteiger charge is 2.34. The van der Waals surface area contributed by atoms with E-state index in [0.717, 1.165) is 0 Å². The Bertz CT molecular complexity index is 517. The number of hydrogen-bond donors (Lipinski definition) is 2. The van der Waals surface area contributed by atoms with Crippen LogP contribution in [0.15, 0.2) is 18.2 Å². The van der Waals surface area contributed by atoms with E-state index in [1.165, 1.54) is 6.07 Å². The number of halogens is 1. The minimum Gasteiger partial charge on any atom is -0.478 e. The van der Waals surface area contributed by atoms with Crippen LogP contribution in [0.1, 0.15) is 40.1 Å². The molecule has 1 amide bonds. The minimum absolute atomic E-state index is 0.0391. The maximum Gasteiger partial charge on any atom is 0.336 e. The summed E-state index contributed by atoms with van der Waals surface area (Å²) in [6.07, 6.45) is 1.98. The van der Waals surface area contributed by atoms with Gasteiger partial charge in [-0.2, -0.15) is 11.8 Å². The van der Waals surface area contributed by atoms with Gasteiger partial charge in [-0.05, 0) is 17.9 Å². The van der Waals surface area contributed by atoms with Crippen molar-refractivity contribution < 1.29 is 14.7 Å². The topological polar surface area (TPSA) is 80.4 Å². The summed E-state index contributed by atoms with van der Waals surface area (Å²) < 4.78 is 0.187. The summed E-state index contributed by atoms with van der Waals surface area (Å²) in [5, 5.41) is 9.19. The molecule has 0 heterocycles. The molecule has 0 fully saturated rings. The van der Waals surface area contributed by atoms with Gasteiger partial charge in [0.2, 0.25) is 5.91 Å². The Balaban J connectivity index is 3.56. The van der Waals surface area contributed by atoms with Gasteiger partial charge < -0.3 is 10.8 Å². The zero-order valence-electron chi connectivity index (χ0n) is 10.9. The van der Waals surface area contributed by atoms with Crippen molar-refractivity contribution in [3.8, 4) is 0 Å². The normalized spacial score (nSPS) is 13.1. The van der Waals surface area contributed by atoms with Crippen molar-refractivity contribution in [1.82, 2.24) is 0 Å². The molecule has 0 spiro atoms. The van der Waals surface area contributed by atoms with Crippen LogP contribution < -0.4 is 5.73 Å². The Labute approximate surface area is 130 Å². The molecular formula is C13H16INO3S. The van der Waals surface area contributed by atoms with Crippen molar-refractivity contribution in [1.29, 1.82) is 0 Å². The molecule has 0 saturated carbocycles. The van der Waals surface area contributed by atoms with Crippen molar-refractivity contribution in [2.75, 3.05) is 6.26 Å². The Morgan fingerprint density at radius 2 is 2.00 bits per heavy atom. The zero-order valence-corrected chi connectivity index (χ0v) is 13.9. The molecule has 0 aromatic heterocycles. The molecule has 0 aliphatic heterocycles. The fourth-order valence-corrected chi connectivity index (χ4v) is 3.00. The number of alkyl halides is 1. The highest BCUT2D eigenvalue weighted by atomic mass is 127. The molecule has 1 unspecified atom stereocenters. The predicted octanol–water partition coefficient (Wildman–Crippen LogP) is 2.89. The number of thioether (sulfide) groups is 1. The lowest BCUT2D eigenvalue weighted by molar-refractivity contribution is 0.0691. The van der Waals surface area contributed by atoms with Crippen LogP contribution in [0.4, 0.5) is 0 Å². The Kier molecular flexibility index (Phi) is 5.26. The smallest absolute Gasteiger partial charge is 0.336 e. The quantitative estimate of drug-likeness (QED) is 0.596. The molecule has 1 rings (SSSR count). The van der Waals surface area contributed by atoms with Gasteiger partial charge in [-0.15, -0.1) is 0 Å². The number of nitrogens with two attached hydrogens (primary N) is 1. The second-order valence-electron chi connectivity index (χ2n) is 4.67. The average Bonchev–Trinajstić information content (AvgIpc) is 2.36. The van der Waals surface area contributed by atoms with E-state index in [1.807, 2.05) is 20.1 Å². The Morgan fingerprint density at radius 3 is 2.42 bits per heavy atom. The summed E-state index contributed by atoms with van der Waals surface area (Å²) in [6, 6.07) is 4.83. The molecule has 1 atom stereocenters. The van der Waals surface area contributed by atoms with Gasteiger partial charge in [0, 0.05) is 5.41 Å². The van der Waals surface area contributed by atoms with Gasteiger partial charge in [0.1, 0.15) is 0 Å². The summed E-state index contributed by atoms with van der Waals surface area (Å²) in [4.78, 5) is 22.9. The van der Waals surface area contributed by atoms with E-state index in [4.69, 9.17) is 5.73 Å². The van der Waals surface area contributed by atoms with E-state index >= 15 is 0 Å². The van der Waals surface area contributed by atoms with Crippen LogP contribution >= 0.6 is 34.4 Å². The third-order valence-corrected chi connectivity index (χ3v) is 7.10. The van der Waals surface area contributed by atoms with Crippen LogP contribution in [-0.4, -0.2) is 26.5 Å². The Morgan fingerprint density at radius 1 is 1.42 bits per heavy atom. The van der Waals surface area contributed by atoms with Crippen LogP contribution in [0.5, 0.6) is 0 Å². The van der Waals surface area contributed by atoms with Crippen molar-refractivity contribution in [3.05, 3.63) is 34.9 Å². The highest BCUT2D eigenvalue weighted by Crippen LogP contribution is 2.39. The second-order valence-corrected chi connectivity index (χ2v) is 7.70. The number of aromatic carboxylic acids is 1. The van der Waals surface area contributed by atoms with Gasteiger partial charge in [-0.1, -0.05) is 48.6 Å². The molecule has 3 N–H and O–H groups in total. The minimum atomic E-state index is -1.14. The summed E-state index contributed by atoms with van der Waals surface area (Å²) in [6.45, 7) is 3.96. The summed E-state index contributed by atoms with van der Waals surface area (Å²) in [7, 11) is 0. The van der Waals surface area contributed by atoms with Gasteiger partial charge in [-0.25, -0.2) is 4.79 Å². The molecule has 0 aliphatic rings. The fourth-order valence-electron chi connectivity index (χ4n) is 1.95. The maximum atomic E-state index is 11.7. The lowest BCUT2D eigenvalue weighted by Gasteiger charge is -2.31. The van der Waals surface area contributed by atoms with Gasteiger partial charge in [0.25, 0.3) is 0 Å². The van der Waals surface area contributed by atoms with Crippen molar-refractivity contribution in [2.45, 2.75) is 22.5 Å². The zero-order chi connectivity index (χ0) is 14.8. The van der Waals surface area contributed by atoms with Crippen molar-refractivity contribution in [2.24, 2.45) is 5.73 Å². The molecule has 6 heteroatoms. The number of carbonyl (C=O) groups is 2. The van der Waals surface area contributed by atoms with Crippen LogP contribution in [0.2, 0.25) is 0 Å². The van der Waals surface area contributed by atoms with E-state index in [-0.39, 0.29) is 19.8 Å². The predicted molar refractivity (Wildman–Crippen MR) is 86.3 cm³/mol. The summed E-state index contributed by atoms with van der Waals surface area (Å²) >= 11 is 3.93. The monoisotopic (exact) mass is 393 g/mol. The molecule has 104 valence electrons. The second kappa shape index (κ2) is 6.13. The maximum absolute atomic E-state index is 11.7. The van der Waals surface area contributed by atoms with Gasteiger partial charge in [-0.3, -0.25) is 4.79 Å². The molecule has 0 bridgehead atoms. The summed E-state index contributed by atoms with van der Waals surface area (Å²) in [5.41, 5.74) is 5.76. The first-order valence-corrected chi connectivity index (χ1v) is 8.10. The van der Waals surface area contributed by atoms with Crippen LogP contribution in [-0.2, 0) is 5.41 Å². The number of carboxylic acids is 1. The number of benzene rings is 1. The third-order valence-electron chi connectivity index (χ3n) is 3.01. The molecule has 0 saturated heterocycles. The largest absolute Gasteiger partial charge is 0.478 e. The van der Waals surface area contributed by atoms with Crippen LogP contribution in [0, 0.1) is 0 Å². The first-order valence-electron chi connectivity index (χ1n) is 5.57. The van der Waals surface area contributed by atoms with Crippen LogP contribution in [0.25, 0.3) is 0 Å². The first-order chi connectivity index (χ1) is 8.73. The van der Waals surface area contributed by atoms with Crippen LogP contribution in [0.3, 0.4) is 0 Å². The molecule has 0 aliphatic carbocycles. The Hall–Kier alpha value is -0.760. The average molecular weight is 393 g/mol. The third kappa shape index (κ3) is 3.22. The number of amides is 1. The molecule has 4 nitrogen and oxygen atoms in total. The van der Waals surface area contributed by atoms with E-state index in [2.05, 4.69) is 22.6 Å². The first kappa shape index (κ1) is 16.3. The van der Waals surface area contributed by atoms with Gasteiger partial charge in [0.05, 0.1) is 14.4 Å². The number of hydrogen-bond acceptors (Lipinski definition) is 3. The number of carboxylic acid groups (broad SMARTS) is 1. The molecule has 1 aromatic carbocycles. The highest BCUT2D eigenvalue weighted by molar-refractivity contribution is 14.1. The fraction of sp³-hybridized carbons (Fsp3) is 0.385. The van der Waals surface area contributed by atoms with E-state index in [0.29, 0.717) is 5.56 Å². The lowest BCUT2D eigenvalue weighted by atomic mass is 9.81. The SMILES string of the molecule is CSC(I)C(C)(C)c1cccc(C(=O)O)c1C(N)=O. The molecule has 0 radical (unpaired) electrons. The van der Waals surface area contributed by atoms with Crippen molar-refractivity contribution >= 4 is 46.2 Å². The van der Waals surface area contributed by atoms with E-state index in [9.17, 15) is 14.7 Å². The van der Waals surface area contributed by atoms with E-state index < -0.39 is 11.9 Å². The standard InChI is InChI=1S/C13H16INO3S/c1-13(2,12(14)19-3)8-6-4-5-7(11(17)18)9(8)10(15)16/h4-6,12H,1-3H3,(H2,15,16)(H,17,18). The number of carbonyl (C=O) groups excluding carboxylic acids is 1. The number of primary amides is 1. The molecule has 1 aromatic rings. The number of rotatable bonds is 5. The lowest BCUT2D eigenvalue weighted by Crippen LogP contribution is -2.31. The summed E-state index contributed by atoms with van der Waals surface area (Å²) in [5.74, 6) is -1.84.